The molecule has 1 aromatic carbocycles. The lowest BCUT2D eigenvalue weighted by Crippen LogP contribution is -2.07. The van der Waals surface area contributed by atoms with Crippen LogP contribution < -0.4 is 0 Å². The Morgan fingerprint density at radius 3 is 2.59 bits per heavy atom. The number of hydrogen-bond donors (Lipinski definition) is 0. The van der Waals surface area contributed by atoms with Crippen molar-refractivity contribution in [3.63, 3.8) is 0 Å². The van der Waals surface area contributed by atoms with Crippen LogP contribution in [0.25, 0.3) is 22.7 Å². The van der Waals surface area contributed by atoms with Crippen LogP contribution in [-0.4, -0.2) is 21.3 Å². The molecule has 0 bridgehead atoms. The average molecular weight is 414 g/mol. The topological polar surface area (TPSA) is 104 Å². The minimum absolute atomic E-state index is 0.153. The van der Waals surface area contributed by atoms with Crippen molar-refractivity contribution >= 4 is 17.6 Å². The predicted molar refractivity (Wildman–Crippen MR) is 102 cm³/mol. The molecule has 0 N–H and O–H groups in total. The second kappa shape index (κ2) is 7.56. The fourth-order valence-corrected chi connectivity index (χ4v) is 3.14. The van der Waals surface area contributed by atoms with Gasteiger partial charge in [-0.3, -0.25) is 0 Å². The molecule has 4 aromatic rings. The lowest BCUT2D eigenvalue weighted by atomic mass is 10.1. The zero-order chi connectivity index (χ0) is 20.5. The summed E-state index contributed by atoms with van der Waals surface area (Å²) in [6.45, 7) is 5.05. The van der Waals surface area contributed by atoms with Gasteiger partial charge in [-0.25, -0.2) is 4.79 Å². The molecule has 0 unspecified atom stereocenters. The number of aromatic nitrogens is 3. The van der Waals surface area contributed by atoms with Gasteiger partial charge in [0.2, 0.25) is 0 Å². The van der Waals surface area contributed by atoms with Gasteiger partial charge in [-0.2, -0.15) is 0 Å². The zero-order valence-electron chi connectivity index (χ0n) is 15.9. The molecule has 9 heteroatoms. The first-order valence-corrected chi connectivity index (χ1v) is 9.10. The minimum Gasteiger partial charge on any atom is -0.466 e. The number of benzene rings is 1. The molecule has 0 aliphatic carbocycles. The van der Waals surface area contributed by atoms with Gasteiger partial charge >= 0.3 is 5.97 Å². The highest BCUT2D eigenvalue weighted by Gasteiger charge is 2.25. The Hall–Kier alpha value is -3.39. The van der Waals surface area contributed by atoms with Crippen molar-refractivity contribution in [1.82, 2.24) is 15.4 Å². The second-order valence-corrected chi connectivity index (χ2v) is 6.75. The van der Waals surface area contributed by atoms with Crippen LogP contribution in [0.2, 0.25) is 5.02 Å². The third kappa shape index (κ3) is 3.66. The molecule has 3 aromatic heterocycles. The summed E-state index contributed by atoms with van der Waals surface area (Å²) in [5.41, 5.74) is 1.78. The monoisotopic (exact) mass is 413 g/mol. The van der Waals surface area contributed by atoms with Crippen LogP contribution in [0, 0.1) is 20.8 Å². The van der Waals surface area contributed by atoms with Gasteiger partial charge in [0.15, 0.2) is 6.61 Å². The van der Waals surface area contributed by atoms with Crippen molar-refractivity contribution in [2.75, 3.05) is 0 Å². The van der Waals surface area contributed by atoms with Crippen molar-refractivity contribution in [3.05, 3.63) is 64.1 Å². The number of aryl methyl sites for hydroxylation is 3. The molecule has 29 heavy (non-hydrogen) atoms. The zero-order valence-corrected chi connectivity index (χ0v) is 16.6. The SMILES string of the molecule is Cc1cc(-c2nnc(COC(=O)c3c(-c4ccccc4Cl)noc3C)o2)c(C)o1. The first-order valence-electron chi connectivity index (χ1n) is 8.72. The fourth-order valence-electron chi connectivity index (χ4n) is 2.91. The maximum absolute atomic E-state index is 12.7. The Labute approximate surface area is 170 Å². The molecule has 0 atom stereocenters. The van der Waals surface area contributed by atoms with Gasteiger partial charge < -0.3 is 18.1 Å². The Balaban J connectivity index is 1.52. The first kappa shape index (κ1) is 18.9. The Morgan fingerprint density at radius 2 is 1.86 bits per heavy atom. The van der Waals surface area contributed by atoms with Crippen molar-refractivity contribution in [1.29, 1.82) is 0 Å². The van der Waals surface area contributed by atoms with Gasteiger partial charge in [-0.05, 0) is 32.9 Å². The van der Waals surface area contributed by atoms with E-state index in [2.05, 4.69) is 15.4 Å². The Kier molecular flexibility index (Phi) is 4.94. The molecule has 0 saturated carbocycles. The summed E-state index contributed by atoms with van der Waals surface area (Å²) in [4.78, 5) is 12.7. The standard InChI is InChI=1S/C20H16ClN3O5/c1-10-8-14(11(2)27-10)19-23-22-16(28-19)9-26-20(25)17-12(3)29-24-18(17)13-6-4-5-7-15(13)21/h4-8H,9H2,1-3H3. The number of nitrogens with zero attached hydrogens (tertiary/aromatic N) is 3. The third-order valence-corrected chi connectivity index (χ3v) is 4.59. The maximum Gasteiger partial charge on any atom is 0.344 e. The molecule has 0 saturated heterocycles. The summed E-state index contributed by atoms with van der Waals surface area (Å²) < 4.78 is 21.6. The van der Waals surface area contributed by atoms with E-state index >= 15 is 0 Å². The highest BCUT2D eigenvalue weighted by Crippen LogP contribution is 2.31. The smallest absolute Gasteiger partial charge is 0.344 e. The number of rotatable bonds is 5. The fraction of sp³-hybridized carbons (Fsp3) is 0.200. The molecule has 0 amide bonds. The lowest BCUT2D eigenvalue weighted by molar-refractivity contribution is 0.0437. The van der Waals surface area contributed by atoms with Gasteiger partial charge in [-0.15, -0.1) is 10.2 Å². The van der Waals surface area contributed by atoms with E-state index < -0.39 is 5.97 Å². The van der Waals surface area contributed by atoms with Gasteiger partial charge in [0.05, 0.1) is 10.6 Å². The number of hydrogen-bond acceptors (Lipinski definition) is 8. The Bertz CT molecular complexity index is 1190. The van der Waals surface area contributed by atoms with Crippen LogP contribution in [0.4, 0.5) is 0 Å². The van der Waals surface area contributed by atoms with Crippen LogP contribution in [-0.2, 0) is 11.3 Å². The normalized spacial score (nSPS) is 11.0. The highest BCUT2D eigenvalue weighted by atomic mass is 35.5. The second-order valence-electron chi connectivity index (χ2n) is 6.35. The van der Waals surface area contributed by atoms with E-state index in [1.54, 1.807) is 44.2 Å². The minimum atomic E-state index is -0.631. The van der Waals surface area contributed by atoms with E-state index in [1.165, 1.54) is 0 Å². The van der Waals surface area contributed by atoms with Crippen molar-refractivity contribution in [2.45, 2.75) is 27.4 Å². The molecular formula is C20H16ClN3O5. The average Bonchev–Trinajstić information content (AvgIpc) is 3.39. The quantitative estimate of drug-likeness (QED) is 0.424. The predicted octanol–water partition coefficient (Wildman–Crippen LogP) is 4.92. The summed E-state index contributed by atoms with van der Waals surface area (Å²) in [7, 11) is 0. The summed E-state index contributed by atoms with van der Waals surface area (Å²) in [5.74, 6) is 1.54. The van der Waals surface area contributed by atoms with E-state index in [9.17, 15) is 4.79 Å². The maximum atomic E-state index is 12.7. The van der Waals surface area contributed by atoms with E-state index in [1.807, 2.05) is 6.92 Å². The molecule has 0 radical (unpaired) electrons. The molecule has 8 nitrogen and oxygen atoms in total. The van der Waals surface area contributed by atoms with E-state index in [0.29, 0.717) is 39.3 Å². The summed E-state index contributed by atoms with van der Waals surface area (Å²) in [5, 5.41) is 12.3. The number of carbonyl (C=O) groups excluding carboxylic acids is 1. The summed E-state index contributed by atoms with van der Waals surface area (Å²) in [6.07, 6.45) is 0. The van der Waals surface area contributed by atoms with E-state index in [0.717, 1.165) is 5.76 Å². The molecule has 4 rings (SSSR count). The van der Waals surface area contributed by atoms with Gasteiger partial charge in [-0.1, -0.05) is 35.0 Å². The molecule has 0 fully saturated rings. The molecule has 0 spiro atoms. The van der Waals surface area contributed by atoms with Crippen LogP contribution in [0.5, 0.6) is 0 Å². The summed E-state index contributed by atoms with van der Waals surface area (Å²) >= 11 is 6.22. The van der Waals surface area contributed by atoms with Crippen LogP contribution >= 0.6 is 11.6 Å². The lowest BCUT2D eigenvalue weighted by Gasteiger charge is -2.04. The van der Waals surface area contributed by atoms with E-state index in [4.69, 9.17) is 29.7 Å². The Morgan fingerprint density at radius 1 is 1.07 bits per heavy atom. The molecule has 0 aliphatic heterocycles. The number of carbonyl (C=O) groups is 1. The van der Waals surface area contributed by atoms with Crippen molar-refractivity contribution in [2.24, 2.45) is 0 Å². The van der Waals surface area contributed by atoms with Gasteiger partial charge in [0.25, 0.3) is 11.8 Å². The van der Waals surface area contributed by atoms with E-state index in [-0.39, 0.29) is 18.1 Å². The van der Waals surface area contributed by atoms with Crippen LogP contribution in [0.1, 0.15) is 33.5 Å². The third-order valence-electron chi connectivity index (χ3n) is 4.26. The highest BCUT2D eigenvalue weighted by molar-refractivity contribution is 6.33. The number of halogens is 1. The summed E-state index contributed by atoms with van der Waals surface area (Å²) in [6, 6.07) is 8.83. The van der Waals surface area contributed by atoms with Crippen molar-refractivity contribution in [3.8, 4) is 22.7 Å². The van der Waals surface area contributed by atoms with Crippen LogP contribution in [0.3, 0.4) is 0 Å². The first-order chi connectivity index (χ1) is 13.9. The largest absolute Gasteiger partial charge is 0.466 e. The molecular weight excluding hydrogens is 398 g/mol. The van der Waals surface area contributed by atoms with Crippen molar-refractivity contribution < 1.29 is 22.9 Å². The number of furan rings is 1. The molecule has 3 heterocycles. The van der Waals surface area contributed by atoms with Gasteiger partial charge in [0, 0.05) is 5.56 Å². The molecule has 148 valence electrons. The van der Waals surface area contributed by atoms with Crippen LogP contribution in [0.15, 0.2) is 43.7 Å². The number of ether oxygens (including phenoxy) is 1. The molecule has 0 aliphatic rings. The number of esters is 1. The van der Waals surface area contributed by atoms with Gasteiger partial charge in [0.1, 0.15) is 28.5 Å².